The number of hydrogen-bond donors (Lipinski definition) is 1. The fraction of sp³-hybridized carbons (Fsp3) is 0.269. The maximum Gasteiger partial charge on any atom is 0.387 e. The lowest BCUT2D eigenvalue weighted by atomic mass is 9.88. The van der Waals surface area contributed by atoms with E-state index in [-0.39, 0.29) is 18.2 Å². The minimum atomic E-state index is -3.81. The zero-order valence-corrected chi connectivity index (χ0v) is 21.3. The largest absolute Gasteiger partial charge is 0.480 e. The van der Waals surface area contributed by atoms with Crippen LogP contribution in [0.1, 0.15) is 22.8 Å². The number of hydrogen-bond acceptors (Lipinski definition) is 6. The van der Waals surface area contributed by atoms with Crippen molar-refractivity contribution < 1.29 is 31.5 Å². The van der Waals surface area contributed by atoms with Crippen LogP contribution >= 0.6 is 0 Å². The second kappa shape index (κ2) is 10.3. The van der Waals surface area contributed by atoms with Gasteiger partial charge in [-0.3, -0.25) is 4.79 Å². The van der Waals surface area contributed by atoms with Gasteiger partial charge in [-0.15, -0.1) is 0 Å². The Morgan fingerprint density at radius 3 is 2.49 bits per heavy atom. The normalized spacial score (nSPS) is 14.4. The molecule has 0 spiro atoms. The average Bonchev–Trinajstić information content (AvgIpc) is 2.82. The standard InChI is InChI=1S/C26H27F2N3O5S/c1-30(2)23(32)14-31(3)18-7-4-6-17(13-18)25-20-12-16(15-37(29,33)34)10-11-19(20)24-21(35-25)8-5-9-22(24)36-26(27)28/h4-13,25-26H,14-15H2,1-3H3,(H2,29,33,34). The van der Waals surface area contributed by atoms with Crippen LogP contribution in [0.25, 0.3) is 11.1 Å². The van der Waals surface area contributed by atoms with Gasteiger partial charge >= 0.3 is 6.61 Å². The number of ether oxygens (including phenoxy) is 2. The Kier molecular flexibility index (Phi) is 7.37. The van der Waals surface area contributed by atoms with Gasteiger partial charge in [-0.05, 0) is 41.0 Å². The van der Waals surface area contributed by atoms with Crippen molar-refractivity contribution in [2.45, 2.75) is 18.5 Å². The number of nitrogens with zero attached hydrogens (tertiary/aromatic N) is 2. The summed E-state index contributed by atoms with van der Waals surface area (Å²) >= 11 is 0. The van der Waals surface area contributed by atoms with Crippen LogP contribution in [0.2, 0.25) is 0 Å². The van der Waals surface area contributed by atoms with Crippen LogP contribution in [0.3, 0.4) is 0 Å². The molecule has 37 heavy (non-hydrogen) atoms. The highest BCUT2D eigenvalue weighted by Gasteiger charge is 2.31. The van der Waals surface area contributed by atoms with Crippen LogP contribution in [0, 0.1) is 0 Å². The van der Waals surface area contributed by atoms with E-state index in [1.807, 2.05) is 24.3 Å². The molecule has 8 nitrogen and oxygen atoms in total. The fourth-order valence-corrected chi connectivity index (χ4v) is 4.89. The highest BCUT2D eigenvalue weighted by Crippen LogP contribution is 2.49. The highest BCUT2D eigenvalue weighted by atomic mass is 32.2. The Morgan fingerprint density at radius 1 is 1.08 bits per heavy atom. The lowest BCUT2D eigenvalue weighted by Gasteiger charge is -2.31. The molecule has 1 amide bonds. The molecule has 1 aliphatic heterocycles. The van der Waals surface area contributed by atoms with Gasteiger partial charge in [-0.2, -0.15) is 8.78 Å². The van der Waals surface area contributed by atoms with Crippen molar-refractivity contribution in [2.24, 2.45) is 5.14 Å². The van der Waals surface area contributed by atoms with Gasteiger partial charge in [0.25, 0.3) is 0 Å². The highest BCUT2D eigenvalue weighted by molar-refractivity contribution is 7.88. The Labute approximate surface area is 214 Å². The van der Waals surface area contributed by atoms with E-state index in [1.165, 1.54) is 11.0 Å². The summed E-state index contributed by atoms with van der Waals surface area (Å²) in [5, 5.41) is 5.26. The summed E-state index contributed by atoms with van der Waals surface area (Å²) in [7, 11) is 1.35. The van der Waals surface area contributed by atoms with Crippen LogP contribution in [-0.2, 0) is 20.6 Å². The minimum Gasteiger partial charge on any atom is -0.480 e. The molecule has 0 bridgehead atoms. The molecular weight excluding hydrogens is 504 g/mol. The van der Waals surface area contributed by atoms with Gasteiger partial charge in [0.2, 0.25) is 15.9 Å². The number of sulfonamides is 1. The number of alkyl halides is 2. The number of halogens is 2. The molecule has 4 rings (SSSR count). The number of carbonyl (C=O) groups is 1. The van der Waals surface area contributed by atoms with E-state index in [0.717, 1.165) is 11.3 Å². The Balaban J connectivity index is 1.82. The molecule has 0 aromatic heterocycles. The van der Waals surface area contributed by atoms with Crippen LogP contribution in [0.15, 0.2) is 60.7 Å². The summed E-state index contributed by atoms with van der Waals surface area (Å²) in [5.41, 5.74) is 3.41. The number of benzene rings is 3. The van der Waals surface area contributed by atoms with Crippen molar-refractivity contribution in [3.63, 3.8) is 0 Å². The van der Waals surface area contributed by atoms with Crippen molar-refractivity contribution in [3.05, 3.63) is 77.4 Å². The molecule has 2 N–H and O–H groups in total. The summed E-state index contributed by atoms with van der Waals surface area (Å²) in [4.78, 5) is 15.5. The van der Waals surface area contributed by atoms with Gasteiger partial charge in [0, 0.05) is 32.4 Å². The molecule has 0 saturated heterocycles. The maximum atomic E-state index is 13.1. The third kappa shape index (κ3) is 6.00. The molecule has 0 aliphatic carbocycles. The minimum absolute atomic E-state index is 0.0536. The first-order valence-corrected chi connectivity index (χ1v) is 13.0. The van der Waals surface area contributed by atoms with Crippen molar-refractivity contribution in [2.75, 3.05) is 32.6 Å². The molecule has 0 saturated carbocycles. The summed E-state index contributed by atoms with van der Waals surface area (Å²) in [6.07, 6.45) is -0.692. The second-order valence-corrected chi connectivity index (χ2v) is 10.6. The summed E-state index contributed by atoms with van der Waals surface area (Å²) < 4.78 is 60.9. The summed E-state index contributed by atoms with van der Waals surface area (Å²) in [6, 6.07) is 16.9. The number of anilines is 1. The smallest absolute Gasteiger partial charge is 0.387 e. The van der Waals surface area contributed by atoms with Crippen molar-refractivity contribution in [1.29, 1.82) is 0 Å². The molecule has 196 valence electrons. The van der Waals surface area contributed by atoms with E-state index in [2.05, 4.69) is 0 Å². The summed E-state index contributed by atoms with van der Waals surface area (Å²) in [6.45, 7) is -2.87. The van der Waals surface area contributed by atoms with E-state index < -0.39 is 28.5 Å². The van der Waals surface area contributed by atoms with Crippen molar-refractivity contribution in [1.82, 2.24) is 4.90 Å². The average molecular weight is 532 g/mol. The lowest BCUT2D eigenvalue weighted by molar-refractivity contribution is -0.127. The van der Waals surface area contributed by atoms with Crippen LogP contribution < -0.4 is 19.5 Å². The molecule has 3 aromatic carbocycles. The number of primary sulfonamides is 1. The predicted molar refractivity (Wildman–Crippen MR) is 136 cm³/mol. The second-order valence-electron chi connectivity index (χ2n) is 8.97. The van der Waals surface area contributed by atoms with Gasteiger partial charge in [0.05, 0.1) is 17.9 Å². The van der Waals surface area contributed by atoms with E-state index in [0.29, 0.717) is 28.0 Å². The summed E-state index contributed by atoms with van der Waals surface area (Å²) in [5.74, 6) is -0.177. The van der Waals surface area contributed by atoms with Gasteiger partial charge in [0.15, 0.2) is 0 Å². The number of rotatable bonds is 8. The first-order valence-electron chi connectivity index (χ1n) is 11.3. The molecule has 11 heteroatoms. The van der Waals surface area contributed by atoms with E-state index >= 15 is 0 Å². The van der Waals surface area contributed by atoms with Crippen LogP contribution in [0.5, 0.6) is 11.5 Å². The van der Waals surface area contributed by atoms with Gasteiger partial charge in [0.1, 0.15) is 17.6 Å². The monoisotopic (exact) mass is 531 g/mol. The van der Waals surface area contributed by atoms with Gasteiger partial charge in [-0.1, -0.05) is 36.4 Å². The molecule has 3 aromatic rings. The predicted octanol–water partition coefficient (Wildman–Crippen LogP) is 3.75. The van der Waals surface area contributed by atoms with Crippen LogP contribution in [0.4, 0.5) is 14.5 Å². The molecule has 1 unspecified atom stereocenters. The number of nitrogens with two attached hydrogens (primary N) is 1. The lowest BCUT2D eigenvalue weighted by Crippen LogP contribution is -2.34. The van der Waals surface area contributed by atoms with Crippen LogP contribution in [-0.4, -0.2) is 53.5 Å². The van der Waals surface area contributed by atoms with Gasteiger partial charge in [-0.25, -0.2) is 13.6 Å². The maximum absolute atomic E-state index is 13.1. The number of carbonyl (C=O) groups excluding carboxylic acids is 1. The van der Waals surface area contributed by atoms with E-state index in [9.17, 15) is 22.0 Å². The van der Waals surface area contributed by atoms with E-state index in [4.69, 9.17) is 14.6 Å². The first kappa shape index (κ1) is 26.4. The van der Waals surface area contributed by atoms with E-state index in [1.54, 1.807) is 56.4 Å². The topological polar surface area (TPSA) is 102 Å². The first-order chi connectivity index (χ1) is 17.4. The molecule has 0 fully saturated rings. The Bertz CT molecular complexity index is 1430. The zero-order valence-electron chi connectivity index (χ0n) is 20.5. The molecule has 0 radical (unpaired) electrons. The number of likely N-dealkylation sites (N-methyl/N-ethyl adjacent to an activating group) is 2. The number of amides is 1. The Morgan fingerprint density at radius 2 is 1.81 bits per heavy atom. The molecular formula is C26H27F2N3O5S. The SMILES string of the molecule is CN(C)C(=O)CN(C)c1cccc(C2Oc3cccc(OC(F)F)c3-c3ccc(CS(N)(=O)=O)cc32)c1. The number of fused-ring (bicyclic) bond motifs is 3. The van der Waals surface area contributed by atoms with Crippen molar-refractivity contribution in [3.8, 4) is 22.6 Å². The van der Waals surface area contributed by atoms with Crippen molar-refractivity contribution >= 4 is 21.6 Å². The third-order valence-electron chi connectivity index (χ3n) is 5.97. The van der Waals surface area contributed by atoms with Gasteiger partial charge < -0.3 is 19.3 Å². The molecule has 1 atom stereocenters. The zero-order chi connectivity index (χ0) is 26.9. The Hall–Kier alpha value is -3.70. The fourth-order valence-electron chi connectivity index (χ4n) is 4.25. The molecule has 1 heterocycles. The third-order valence-corrected chi connectivity index (χ3v) is 6.71. The molecule has 1 aliphatic rings. The quantitative estimate of drug-likeness (QED) is 0.475.